The number of para-hydroxylation sites is 1. The van der Waals surface area contributed by atoms with E-state index < -0.39 is 0 Å². The zero-order chi connectivity index (χ0) is 15.1. The van der Waals surface area contributed by atoms with Crippen molar-refractivity contribution in [1.82, 2.24) is 4.98 Å². The third kappa shape index (κ3) is 2.00. The molecule has 1 aromatic heterocycles. The molecule has 0 saturated carbocycles. The third-order valence-electron chi connectivity index (χ3n) is 4.96. The van der Waals surface area contributed by atoms with Crippen molar-refractivity contribution in [2.24, 2.45) is 0 Å². The molecule has 22 heavy (non-hydrogen) atoms. The van der Waals surface area contributed by atoms with Crippen LogP contribution in [0.25, 0.3) is 17.0 Å². The van der Waals surface area contributed by atoms with Crippen LogP contribution in [-0.2, 0) is 6.42 Å². The number of nitrogens with one attached hydrogen (secondary N) is 1. The predicted molar refractivity (Wildman–Crippen MR) is 94.2 cm³/mol. The quantitative estimate of drug-likeness (QED) is 0.644. The fourth-order valence-electron chi connectivity index (χ4n) is 3.85. The zero-order valence-corrected chi connectivity index (χ0v) is 13.2. The monoisotopic (exact) mass is 287 g/mol. The first kappa shape index (κ1) is 13.4. The number of fused-ring (bicyclic) bond motifs is 3. The van der Waals surface area contributed by atoms with E-state index in [1.54, 1.807) is 5.57 Å². The van der Waals surface area contributed by atoms with E-state index in [-0.39, 0.29) is 0 Å². The number of H-pyrrole nitrogens is 1. The molecule has 1 heteroatoms. The van der Waals surface area contributed by atoms with Crippen molar-refractivity contribution in [3.63, 3.8) is 0 Å². The van der Waals surface area contributed by atoms with Crippen molar-refractivity contribution in [2.75, 3.05) is 0 Å². The van der Waals surface area contributed by atoms with Crippen LogP contribution in [0.15, 0.2) is 54.1 Å². The van der Waals surface area contributed by atoms with Gasteiger partial charge in [-0.15, -0.1) is 0 Å². The topological polar surface area (TPSA) is 15.8 Å². The minimum atomic E-state index is 0.528. The molecule has 0 fully saturated rings. The molecule has 0 amide bonds. The van der Waals surface area contributed by atoms with Gasteiger partial charge in [0.1, 0.15) is 0 Å². The Morgan fingerprint density at radius 1 is 1.05 bits per heavy atom. The second kappa shape index (κ2) is 5.17. The molecule has 0 radical (unpaired) electrons. The largest absolute Gasteiger partial charge is 0.358 e. The van der Waals surface area contributed by atoms with Gasteiger partial charge in [-0.05, 0) is 30.5 Å². The highest BCUT2D eigenvalue weighted by Gasteiger charge is 2.24. The van der Waals surface area contributed by atoms with Gasteiger partial charge in [0, 0.05) is 34.5 Å². The van der Waals surface area contributed by atoms with E-state index in [0.29, 0.717) is 5.92 Å². The highest BCUT2D eigenvalue weighted by Crippen LogP contribution is 2.40. The molecule has 1 N–H and O–H groups in total. The Bertz CT molecular complexity index is 866. The average molecular weight is 287 g/mol. The van der Waals surface area contributed by atoms with E-state index in [1.807, 2.05) is 0 Å². The molecule has 1 aliphatic rings. The highest BCUT2D eigenvalue weighted by atomic mass is 14.7. The van der Waals surface area contributed by atoms with Gasteiger partial charge in [0.2, 0.25) is 0 Å². The van der Waals surface area contributed by atoms with Gasteiger partial charge in [-0.25, -0.2) is 0 Å². The summed E-state index contributed by atoms with van der Waals surface area (Å²) in [4.78, 5) is 3.60. The van der Waals surface area contributed by atoms with E-state index >= 15 is 0 Å². The van der Waals surface area contributed by atoms with Gasteiger partial charge in [-0.1, -0.05) is 61.0 Å². The summed E-state index contributed by atoms with van der Waals surface area (Å²) in [7, 11) is 0. The first-order valence-corrected chi connectivity index (χ1v) is 8.13. The Morgan fingerprint density at radius 2 is 1.82 bits per heavy atom. The van der Waals surface area contributed by atoms with Gasteiger partial charge in [0.05, 0.1) is 0 Å². The summed E-state index contributed by atoms with van der Waals surface area (Å²) in [6.07, 6.45) is 4.63. The second-order valence-electron chi connectivity index (χ2n) is 6.28. The maximum Gasteiger partial charge on any atom is 0.0462 e. The third-order valence-corrected chi connectivity index (χ3v) is 4.96. The van der Waals surface area contributed by atoms with Gasteiger partial charge < -0.3 is 4.98 Å². The molecule has 0 aliphatic heterocycles. The smallest absolute Gasteiger partial charge is 0.0462 e. The average Bonchev–Trinajstić information content (AvgIpc) is 3.07. The zero-order valence-electron chi connectivity index (χ0n) is 13.2. The lowest BCUT2D eigenvalue weighted by Gasteiger charge is -2.19. The van der Waals surface area contributed by atoms with Gasteiger partial charge in [0.15, 0.2) is 0 Å². The molecule has 1 atom stereocenters. The van der Waals surface area contributed by atoms with E-state index in [0.717, 1.165) is 12.8 Å². The van der Waals surface area contributed by atoms with Gasteiger partial charge in [-0.2, -0.15) is 0 Å². The van der Waals surface area contributed by atoms with E-state index in [1.165, 1.54) is 33.3 Å². The van der Waals surface area contributed by atoms with Gasteiger partial charge >= 0.3 is 0 Å². The Morgan fingerprint density at radius 3 is 2.64 bits per heavy atom. The summed E-state index contributed by atoms with van der Waals surface area (Å²) < 4.78 is 0. The Labute approximate surface area is 131 Å². The molecule has 4 rings (SSSR count). The van der Waals surface area contributed by atoms with Crippen LogP contribution in [0.5, 0.6) is 0 Å². The lowest BCUT2D eigenvalue weighted by atomic mass is 9.85. The number of hydrogen-bond donors (Lipinski definition) is 1. The van der Waals surface area contributed by atoms with Crippen molar-refractivity contribution in [3.8, 4) is 0 Å². The van der Waals surface area contributed by atoms with Crippen molar-refractivity contribution in [2.45, 2.75) is 32.6 Å². The molecule has 0 saturated heterocycles. The van der Waals surface area contributed by atoms with Crippen molar-refractivity contribution in [3.05, 3.63) is 76.5 Å². The van der Waals surface area contributed by atoms with E-state index in [2.05, 4.69) is 73.4 Å². The molecule has 2 aromatic carbocycles. The Hall–Kier alpha value is -2.28. The first-order chi connectivity index (χ1) is 10.8. The number of hydrogen-bond acceptors (Lipinski definition) is 0. The number of allylic oxidation sites excluding steroid dienone is 1. The number of benzene rings is 2. The summed E-state index contributed by atoms with van der Waals surface area (Å²) in [6, 6.07) is 17.4. The van der Waals surface area contributed by atoms with Gasteiger partial charge in [-0.3, -0.25) is 0 Å². The molecular weight excluding hydrogens is 266 g/mol. The van der Waals surface area contributed by atoms with Gasteiger partial charge in [0.25, 0.3) is 0 Å². The molecule has 1 heterocycles. The maximum atomic E-state index is 3.60. The fourth-order valence-corrected chi connectivity index (χ4v) is 3.85. The first-order valence-electron chi connectivity index (χ1n) is 8.13. The van der Waals surface area contributed by atoms with Crippen LogP contribution in [0, 0.1) is 6.92 Å². The maximum absolute atomic E-state index is 3.60. The summed E-state index contributed by atoms with van der Waals surface area (Å²) in [5.41, 5.74) is 8.46. The molecular formula is C21H21N. The van der Waals surface area contributed by atoms with Crippen LogP contribution >= 0.6 is 0 Å². The molecule has 1 nitrogen and oxygen atoms in total. The lowest BCUT2D eigenvalue weighted by molar-refractivity contribution is 0.740. The second-order valence-corrected chi connectivity index (χ2v) is 6.28. The highest BCUT2D eigenvalue weighted by molar-refractivity contribution is 5.93. The van der Waals surface area contributed by atoms with Crippen molar-refractivity contribution in [1.29, 1.82) is 0 Å². The Balaban J connectivity index is 1.78. The summed E-state index contributed by atoms with van der Waals surface area (Å²) in [5.74, 6) is 0.528. The van der Waals surface area contributed by atoms with Crippen molar-refractivity contribution >= 4 is 17.0 Å². The number of rotatable bonds is 3. The molecule has 110 valence electrons. The standard InChI is InChI=1S/C21H21N/c1-3-16(17-9-5-4-8-14(17)2)15-12-19-18-10-6-7-11-20(18)22-21(19)13-15/h4-12,16,22H,3,13H2,1-2H3. The Kier molecular flexibility index (Phi) is 3.15. The molecule has 1 aliphatic carbocycles. The molecule has 1 unspecified atom stereocenters. The summed E-state index contributed by atoms with van der Waals surface area (Å²) in [5, 5.41) is 1.35. The number of aromatic nitrogens is 1. The summed E-state index contributed by atoms with van der Waals surface area (Å²) >= 11 is 0. The predicted octanol–water partition coefficient (Wildman–Crippen LogP) is 5.61. The van der Waals surface area contributed by atoms with Crippen molar-refractivity contribution < 1.29 is 0 Å². The SMILES string of the molecule is CCC(C1=Cc2c([nH]c3ccccc23)C1)c1ccccc1C. The van der Waals surface area contributed by atoms with Crippen LogP contribution < -0.4 is 0 Å². The molecule has 0 spiro atoms. The normalized spacial score (nSPS) is 14.9. The lowest BCUT2D eigenvalue weighted by Crippen LogP contribution is -2.04. The minimum Gasteiger partial charge on any atom is -0.358 e. The summed E-state index contributed by atoms with van der Waals surface area (Å²) in [6.45, 7) is 4.52. The number of aromatic amines is 1. The molecule has 3 aromatic rings. The van der Waals surface area contributed by atoms with Crippen LogP contribution in [0.4, 0.5) is 0 Å². The van der Waals surface area contributed by atoms with E-state index in [4.69, 9.17) is 0 Å². The number of aryl methyl sites for hydroxylation is 1. The fraction of sp³-hybridized carbons (Fsp3) is 0.238. The van der Waals surface area contributed by atoms with Crippen LogP contribution in [-0.4, -0.2) is 4.98 Å². The van der Waals surface area contributed by atoms with Crippen LogP contribution in [0.3, 0.4) is 0 Å². The minimum absolute atomic E-state index is 0.528. The van der Waals surface area contributed by atoms with Crippen LogP contribution in [0.1, 0.15) is 41.6 Å². The molecule has 0 bridgehead atoms. The van der Waals surface area contributed by atoms with E-state index in [9.17, 15) is 0 Å². The van der Waals surface area contributed by atoms with Crippen LogP contribution in [0.2, 0.25) is 0 Å².